The van der Waals surface area contributed by atoms with Gasteiger partial charge in [-0.25, -0.2) is 0 Å². The summed E-state index contributed by atoms with van der Waals surface area (Å²) >= 11 is 0. The predicted molar refractivity (Wildman–Crippen MR) is 86.0 cm³/mol. The number of carbonyl (C=O) groups is 2. The topological polar surface area (TPSA) is 99.0 Å². The van der Waals surface area contributed by atoms with Crippen LogP contribution in [0.5, 0.6) is 5.75 Å². The molecular weight excluding hydrogens is 316 g/mol. The van der Waals surface area contributed by atoms with Crippen LogP contribution in [0, 0.1) is 16.0 Å². The molecule has 0 fully saturated rings. The Morgan fingerprint density at radius 2 is 2.17 bits per heavy atom. The molecule has 1 atom stereocenters. The number of amides is 1. The van der Waals surface area contributed by atoms with E-state index in [1.54, 1.807) is 6.92 Å². The summed E-state index contributed by atoms with van der Waals surface area (Å²) in [6.07, 6.45) is -0.687. The Hall–Kier alpha value is -2.64. The maximum atomic E-state index is 12.7. The van der Waals surface area contributed by atoms with E-state index in [1.807, 2.05) is 13.8 Å². The molecule has 0 saturated carbocycles. The summed E-state index contributed by atoms with van der Waals surface area (Å²) in [7, 11) is 0. The number of esters is 1. The van der Waals surface area contributed by atoms with E-state index in [-0.39, 0.29) is 37.1 Å². The molecule has 1 aromatic carbocycles. The fourth-order valence-electron chi connectivity index (χ4n) is 2.48. The average molecular weight is 336 g/mol. The molecule has 0 aliphatic carbocycles. The summed E-state index contributed by atoms with van der Waals surface area (Å²) in [6.45, 7) is 5.74. The zero-order valence-electron chi connectivity index (χ0n) is 13.9. The molecule has 1 amide bonds. The van der Waals surface area contributed by atoms with E-state index in [9.17, 15) is 19.7 Å². The second-order valence-corrected chi connectivity index (χ2v) is 5.74. The number of carbonyl (C=O) groups excluding carboxylic acids is 2. The maximum Gasteiger partial charge on any atom is 0.307 e. The molecule has 1 aromatic rings. The number of rotatable bonds is 6. The third-order valence-corrected chi connectivity index (χ3v) is 3.66. The third kappa shape index (κ3) is 3.64. The van der Waals surface area contributed by atoms with E-state index >= 15 is 0 Å². The molecule has 24 heavy (non-hydrogen) atoms. The first-order valence-corrected chi connectivity index (χ1v) is 7.77. The zero-order chi connectivity index (χ0) is 17.9. The number of anilines is 1. The second-order valence-electron chi connectivity index (χ2n) is 5.74. The molecule has 0 bridgehead atoms. The minimum atomic E-state index is -0.693. The Morgan fingerprint density at radius 3 is 2.75 bits per heavy atom. The van der Waals surface area contributed by atoms with Gasteiger partial charge in [-0.2, -0.15) is 0 Å². The summed E-state index contributed by atoms with van der Waals surface area (Å²) < 4.78 is 10.6. The molecule has 0 spiro atoms. The van der Waals surface area contributed by atoms with Gasteiger partial charge in [-0.15, -0.1) is 0 Å². The Labute approximate surface area is 139 Å². The summed E-state index contributed by atoms with van der Waals surface area (Å²) in [5, 5.41) is 11.0. The monoisotopic (exact) mass is 336 g/mol. The first-order valence-electron chi connectivity index (χ1n) is 7.77. The Balaban J connectivity index is 2.34. The molecule has 1 aliphatic rings. The summed E-state index contributed by atoms with van der Waals surface area (Å²) in [5.74, 6) is -0.430. The Kier molecular flexibility index (Phi) is 5.38. The first-order chi connectivity index (χ1) is 11.3. The fraction of sp³-hybridized carbons (Fsp3) is 0.500. The normalized spacial score (nSPS) is 16.6. The number of ether oxygens (including phenoxy) is 2. The van der Waals surface area contributed by atoms with Gasteiger partial charge in [0.1, 0.15) is 5.75 Å². The van der Waals surface area contributed by atoms with Crippen LogP contribution in [0.3, 0.4) is 0 Å². The van der Waals surface area contributed by atoms with Gasteiger partial charge in [0.25, 0.3) is 11.6 Å². The number of nitro benzene ring substituents is 1. The number of benzene rings is 1. The van der Waals surface area contributed by atoms with E-state index in [2.05, 4.69) is 0 Å². The van der Waals surface area contributed by atoms with Gasteiger partial charge < -0.3 is 14.4 Å². The van der Waals surface area contributed by atoms with E-state index in [0.717, 1.165) is 0 Å². The smallest absolute Gasteiger partial charge is 0.307 e. The molecular formula is C16H20N2O6. The second kappa shape index (κ2) is 7.29. The highest BCUT2D eigenvalue weighted by atomic mass is 16.6. The largest absolute Gasteiger partial charge is 0.478 e. The van der Waals surface area contributed by atoms with E-state index in [0.29, 0.717) is 11.4 Å². The van der Waals surface area contributed by atoms with Gasteiger partial charge >= 0.3 is 5.97 Å². The first kappa shape index (κ1) is 17.7. The van der Waals surface area contributed by atoms with Gasteiger partial charge in [0, 0.05) is 18.7 Å². The molecule has 1 heterocycles. The van der Waals surface area contributed by atoms with Crippen molar-refractivity contribution in [3.05, 3.63) is 28.3 Å². The van der Waals surface area contributed by atoms with Crippen LogP contribution in [-0.2, 0) is 14.3 Å². The van der Waals surface area contributed by atoms with Gasteiger partial charge in [0.05, 0.1) is 23.6 Å². The summed E-state index contributed by atoms with van der Waals surface area (Å²) in [5.41, 5.74) is 0.157. The quantitative estimate of drug-likeness (QED) is 0.449. The van der Waals surface area contributed by atoms with Crippen LogP contribution in [0.1, 0.15) is 27.2 Å². The zero-order valence-corrected chi connectivity index (χ0v) is 13.9. The number of nitro groups is 1. The van der Waals surface area contributed by atoms with Crippen LogP contribution < -0.4 is 9.64 Å². The van der Waals surface area contributed by atoms with Gasteiger partial charge in [-0.1, -0.05) is 13.8 Å². The highest BCUT2D eigenvalue weighted by Gasteiger charge is 2.37. The standard InChI is InChI=1S/C16H20N2O6/c1-4-23-14(19)7-8-17-12-9-11(18(21)22)5-6-13(12)24-15(10(2)3)16(17)20/h5-6,9-10,15H,4,7-8H2,1-3H3. The van der Waals surface area contributed by atoms with Crippen LogP contribution in [0.25, 0.3) is 0 Å². The predicted octanol–water partition coefficient (Wildman–Crippen LogP) is 2.30. The van der Waals surface area contributed by atoms with E-state index in [1.165, 1.54) is 23.1 Å². The Bertz CT molecular complexity index is 658. The molecule has 1 unspecified atom stereocenters. The van der Waals surface area contributed by atoms with Crippen molar-refractivity contribution in [1.82, 2.24) is 0 Å². The van der Waals surface area contributed by atoms with Gasteiger partial charge in [-0.05, 0) is 18.9 Å². The van der Waals surface area contributed by atoms with Crippen molar-refractivity contribution in [2.24, 2.45) is 5.92 Å². The SMILES string of the molecule is CCOC(=O)CCN1C(=O)C(C(C)C)Oc2ccc([N+](=O)[O-])cc21. The van der Waals surface area contributed by atoms with Crippen LogP contribution in [0.2, 0.25) is 0 Å². The fourth-order valence-corrected chi connectivity index (χ4v) is 2.48. The lowest BCUT2D eigenvalue weighted by Gasteiger charge is -2.35. The van der Waals surface area contributed by atoms with Crippen molar-refractivity contribution in [2.45, 2.75) is 33.3 Å². The minimum absolute atomic E-state index is 0.00648. The van der Waals surface area contributed by atoms with Crippen molar-refractivity contribution >= 4 is 23.3 Å². The van der Waals surface area contributed by atoms with Gasteiger partial charge in [0.2, 0.25) is 0 Å². The molecule has 130 valence electrons. The highest BCUT2D eigenvalue weighted by Crippen LogP contribution is 2.38. The minimum Gasteiger partial charge on any atom is -0.478 e. The van der Waals surface area contributed by atoms with Gasteiger partial charge in [-0.3, -0.25) is 19.7 Å². The molecule has 0 radical (unpaired) electrons. The van der Waals surface area contributed by atoms with Gasteiger partial charge in [0.15, 0.2) is 6.10 Å². The lowest BCUT2D eigenvalue weighted by atomic mass is 10.0. The summed E-state index contributed by atoms with van der Waals surface area (Å²) in [4.78, 5) is 36.1. The molecule has 8 heteroatoms. The van der Waals surface area contributed by atoms with E-state index in [4.69, 9.17) is 9.47 Å². The van der Waals surface area contributed by atoms with Crippen LogP contribution in [0.4, 0.5) is 11.4 Å². The van der Waals surface area contributed by atoms with Crippen molar-refractivity contribution < 1.29 is 24.0 Å². The number of non-ortho nitro benzene ring substituents is 1. The van der Waals surface area contributed by atoms with Crippen molar-refractivity contribution in [3.63, 3.8) is 0 Å². The lowest BCUT2D eigenvalue weighted by Crippen LogP contribution is -2.49. The molecule has 2 rings (SSSR count). The number of hydrogen-bond acceptors (Lipinski definition) is 6. The molecule has 0 saturated heterocycles. The van der Waals surface area contributed by atoms with Crippen LogP contribution >= 0.6 is 0 Å². The molecule has 8 nitrogen and oxygen atoms in total. The van der Waals surface area contributed by atoms with Crippen molar-refractivity contribution in [2.75, 3.05) is 18.1 Å². The molecule has 0 N–H and O–H groups in total. The maximum absolute atomic E-state index is 12.7. The summed E-state index contributed by atoms with van der Waals surface area (Å²) in [6, 6.07) is 4.09. The third-order valence-electron chi connectivity index (χ3n) is 3.66. The number of hydrogen-bond donors (Lipinski definition) is 0. The van der Waals surface area contributed by atoms with Crippen molar-refractivity contribution in [3.8, 4) is 5.75 Å². The average Bonchev–Trinajstić information content (AvgIpc) is 2.52. The lowest BCUT2D eigenvalue weighted by molar-refractivity contribution is -0.384. The number of fused-ring (bicyclic) bond motifs is 1. The molecule has 0 aromatic heterocycles. The number of nitrogens with zero attached hydrogens (tertiary/aromatic N) is 2. The highest BCUT2D eigenvalue weighted by molar-refractivity contribution is 6.00. The van der Waals surface area contributed by atoms with Crippen LogP contribution in [-0.4, -0.2) is 36.1 Å². The van der Waals surface area contributed by atoms with Crippen molar-refractivity contribution in [1.29, 1.82) is 0 Å². The van der Waals surface area contributed by atoms with E-state index < -0.39 is 17.0 Å². The Morgan fingerprint density at radius 1 is 1.46 bits per heavy atom. The molecule has 1 aliphatic heterocycles. The van der Waals surface area contributed by atoms with Crippen LogP contribution in [0.15, 0.2) is 18.2 Å².